The number of rotatable bonds is 4. The summed E-state index contributed by atoms with van der Waals surface area (Å²) in [6.07, 6.45) is 3.25. The lowest BCUT2D eigenvalue weighted by molar-refractivity contribution is -0.118. The summed E-state index contributed by atoms with van der Waals surface area (Å²) in [6, 6.07) is 4.87. The number of amides is 1. The molecule has 0 aliphatic rings. The highest BCUT2D eigenvalue weighted by Crippen LogP contribution is 2.33. The van der Waals surface area contributed by atoms with Gasteiger partial charge in [-0.25, -0.2) is 4.98 Å². The summed E-state index contributed by atoms with van der Waals surface area (Å²) in [5, 5.41) is 2.51. The van der Waals surface area contributed by atoms with Crippen molar-refractivity contribution in [2.75, 3.05) is 5.32 Å². The fourth-order valence-electron chi connectivity index (χ4n) is 2.03. The van der Waals surface area contributed by atoms with E-state index in [-0.39, 0.29) is 17.5 Å². The Kier molecular flexibility index (Phi) is 4.73. The van der Waals surface area contributed by atoms with Crippen LogP contribution in [0.2, 0.25) is 0 Å². The highest BCUT2D eigenvalue weighted by Gasteiger charge is 2.31. The van der Waals surface area contributed by atoms with Crippen LogP contribution < -0.4 is 5.32 Å². The molecule has 0 atom stereocenters. The molecule has 0 radical (unpaired) electrons. The third-order valence-electron chi connectivity index (χ3n) is 3.26. The molecule has 2 aromatic rings. The summed E-state index contributed by atoms with van der Waals surface area (Å²) >= 11 is 0. The SMILES string of the molecule is Cc1cncc(-c2ccc(NC(=O)C(C)C)c(C(C)(F)F)n2)c1. The molecule has 23 heavy (non-hydrogen) atoms. The second kappa shape index (κ2) is 6.40. The van der Waals surface area contributed by atoms with E-state index in [2.05, 4.69) is 15.3 Å². The first-order chi connectivity index (χ1) is 10.7. The van der Waals surface area contributed by atoms with E-state index in [1.165, 1.54) is 6.07 Å². The van der Waals surface area contributed by atoms with Gasteiger partial charge in [-0.3, -0.25) is 9.78 Å². The Labute approximate surface area is 134 Å². The quantitative estimate of drug-likeness (QED) is 0.920. The molecule has 0 fully saturated rings. The van der Waals surface area contributed by atoms with E-state index in [4.69, 9.17) is 0 Å². The van der Waals surface area contributed by atoms with Gasteiger partial charge in [-0.1, -0.05) is 13.8 Å². The zero-order chi connectivity index (χ0) is 17.2. The number of alkyl halides is 2. The number of carbonyl (C=O) groups is 1. The van der Waals surface area contributed by atoms with E-state index >= 15 is 0 Å². The van der Waals surface area contributed by atoms with E-state index < -0.39 is 11.6 Å². The first-order valence-corrected chi connectivity index (χ1v) is 7.30. The number of pyridine rings is 2. The van der Waals surface area contributed by atoms with Crippen molar-refractivity contribution in [3.8, 4) is 11.3 Å². The van der Waals surface area contributed by atoms with Gasteiger partial charge in [0.25, 0.3) is 5.92 Å². The number of anilines is 1. The van der Waals surface area contributed by atoms with Gasteiger partial charge in [-0.05, 0) is 30.7 Å². The standard InChI is InChI=1S/C17H19F2N3O/c1-10(2)16(23)22-14-6-5-13(21-15(14)17(4,18)19)12-7-11(3)8-20-9-12/h5-10H,1-4H3,(H,22,23). The van der Waals surface area contributed by atoms with Crippen LogP contribution in [0.25, 0.3) is 11.3 Å². The lowest BCUT2D eigenvalue weighted by Crippen LogP contribution is -2.22. The number of nitrogens with zero attached hydrogens (tertiary/aromatic N) is 2. The molecule has 0 aliphatic carbocycles. The average Bonchev–Trinajstić information content (AvgIpc) is 2.46. The first-order valence-electron chi connectivity index (χ1n) is 7.30. The van der Waals surface area contributed by atoms with Gasteiger partial charge in [0.1, 0.15) is 5.69 Å². The molecule has 0 aliphatic heterocycles. The van der Waals surface area contributed by atoms with Crippen molar-refractivity contribution in [1.29, 1.82) is 0 Å². The summed E-state index contributed by atoms with van der Waals surface area (Å²) in [5.41, 5.74) is 1.52. The van der Waals surface area contributed by atoms with Crippen molar-refractivity contribution in [3.63, 3.8) is 0 Å². The predicted molar refractivity (Wildman–Crippen MR) is 85.2 cm³/mol. The first kappa shape index (κ1) is 17.0. The van der Waals surface area contributed by atoms with E-state index in [1.807, 2.05) is 13.0 Å². The van der Waals surface area contributed by atoms with E-state index in [0.29, 0.717) is 11.3 Å². The zero-order valence-corrected chi connectivity index (χ0v) is 13.5. The second-order valence-corrected chi connectivity index (χ2v) is 5.88. The largest absolute Gasteiger partial charge is 0.324 e. The number of nitrogens with one attached hydrogen (secondary N) is 1. The van der Waals surface area contributed by atoms with Crippen molar-refractivity contribution >= 4 is 11.6 Å². The van der Waals surface area contributed by atoms with Crippen molar-refractivity contribution < 1.29 is 13.6 Å². The molecule has 2 heterocycles. The van der Waals surface area contributed by atoms with E-state index in [0.717, 1.165) is 12.5 Å². The Morgan fingerprint density at radius 1 is 1.26 bits per heavy atom. The van der Waals surface area contributed by atoms with Crippen LogP contribution in [0.1, 0.15) is 32.0 Å². The molecular weight excluding hydrogens is 300 g/mol. The van der Waals surface area contributed by atoms with Gasteiger partial charge in [0.05, 0.1) is 11.4 Å². The molecule has 1 N–H and O–H groups in total. The molecule has 0 unspecified atom stereocenters. The lowest BCUT2D eigenvalue weighted by atomic mass is 10.1. The third kappa shape index (κ3) is 4.09. The monoisotopic (exact) mass is 319 g/mol. The number of hydrogen-bond donors (Lipinski definition) is 1. The zero-order valence-electron chi connectivity index (χ0n) is 13.5. The minimum absolute atomic E-state index is 0.0283. The predicted octanol–water partition coefficient (Wildman–Crippen LogP) is 4.16. The summed E-state index contributed by atoms with van der Waals surface area (Å²) in [6.45, 7) is 6.01. The molecular formula is C17H19F2N3O. The maximum Gasteiger partial charge on any atom is 0.289 e. The topological polar surface area (TPSA) is 54.9 Å². The molecule has 1 amide bonds. The Hall–Kier alpha value is -2.37. The van der Waals surface area contributed by atoms with Gasteiger partial charge in [0.15, 0.2) is 0 Å². The van der Waals surface area contributed by atoms with Crippen molar-refractivity contribution in [1.82, 2.24) is 9.97 Å². The minimum Gasteiger partial charge on any atom is -0.324 e. The van der Waals surface area contributed by atoms with Gasteiger partial charge < -0.3 is 5.32 Å². The molecule has 0 bridgehead atoms. The van der Waals surface area contributed by atoms with E-state index in [1.54, 1.807) is 32.3 Å². The summed E-state index contributed by atoms with van der Waals surface area (Å²) in [4.78, 5) is 19.9. The third-order valence-corrected chi connectivity index (χ3v) is 3.26. The lowest BCUT2D eigenvalue weighted by Gasteiger charge is -2.17. The van der Waals surface area contributed by atoms with Gasteiger partial charge in [0.2, 0.25) is 5.91 Å². The Morgan fingerprint density at radius 2 is 1.96 bits per heavy atom. The van der Waals surface area contributed by atoms with Crippen molar-refractivity contribution in [3.05, 3.63) is 41.9 Å². The maximum atomic E-state index is 13.9. The molecule has 4 nitrogen and oxygen atoms in total. The number of aromatic nitrogens is 2. The Balaban J connectivity index is 2.48. The number of aryl methyl sites for hydroxylation is 1. The molecule has 0 saturated carbocycles. The van der Waals surface area contributed by atoms with Gasteiger partial charge in [-0.2, -0.15) is 8.78 Å². The van der Waals surface area contributed by atoms with Crippen LogP contribution in [0.5, 0.6) is 0 Å². The minimum atomic E-state index is -3.17. The molecule has 122 valence electrons. The summed E-state index contributed by atoms with van der Waals surface area (Å²) < 4.78 is 27.8. The average molecular weight is 319 g/mol. The van der Waals surface area contributed by atoms with Gasteiger partial charge in [0, 0.05) is 30.8 Å². The van der Waals surface area contributed by atoms with Crippen LogP contribution in [0, 0.1) is 12.8 Å². The van der Waals surface area contributed by atoms with Crippen LogP contribution in [0.15, 0.2) is 30.6 Å². The van der Waals surface area contributed by atoms with Crippen molar-refractivity contribution in [2.45, 2.75) is 33.6 Å². The van der Waals surface area contributed by atoms with Crippen LogP contribution in [-0.4, -0.2) is 15.9 Å². The molecule has 2 rings (SSSR count). The summed E-state index contributed by atoms with van der Waals surface area (Å²) in [7, 11) is 0. The molecule has 0 saturated heterocycles. The van der Waals surface area contributed by atoms with Crippen LogP contribution in [0.3, 0.4) is 0 Å². The highest BCUT2D eigenvalue weighted by molar-refractivity contribution is 5.92. The fourth-order valence-corrected chi connectivity index (χ4v) is 2.03. The summed E-state index contributed by atoms with van der Waals surface area (Å²) in [5.74, 6) is -3.82. The molecule has 6 heteroatoms. The molecule has 0 spiro atoms. The number of carbonyl (C=O) groups excluding carboxylic acids is 1. The van der Waals surface area contributed by atoms with Crippen LogP contribution in [0.4, 0.5) is 14.5 Å². The van der Waals surface area contributed by atoms with Crippen molar-refractivity contribution in [2.24, 2.45) is 5.92 Å². The smallest absolute Gasteiger partial charge is 0.289 e. The fraction of sp³-hybridized carbons (Fsp3) is 0.353. The van der Waals surface area contributed by atoms with Gasteiger partial charge >= 0.3 is 0 Å². The molecule has 2 aromatic heterocycles. The maximum absolute atomic E-state index is 13.9. The van der Waals surface area contributed by atoms with Gasteiger partial charge in [-0.15, -0.1) is 0 Å². The highest BCUT2D eigenvalue weighted by atomic mass is 19.3. The number of halogens is 2. The normalized spacial score (nSPS) is 11.6. The number of hydrogen-bond acceptors (Lipinski definition) is 3. The Morgan fingerprint density at radius 3 is 2.52 bits per heavy atom. The Bertz CT molecular complexity index is 724. The van der Waals surface area contributed by atoms with Crippen LogP contribution in [-0.2, 0) is 10.7 Å². The van der Waals surface area contributed by atoms with E-state index in [9.17, 15) is 13.6 Å². The van der Waals surface area contributed by atoms with Crippen LogP contribution >= 0.6 is 0 Å². The second-order valence-electron chi connectivity index (χ2n) is 5.88. The molecule has 0 aromatic carbocycles.